The molecule has 28 heavy (non-hydrogen) atoms. The summed E-state index contributed by atoms with van der Waals surface area (Å²) in [5, 5.41) is 6.33. The van der Waals surface area contributed by atoms with Crippen LogP contribution in [0, 0.1) is 11.6 Å². The molecule has 160 valence electrons. The molecule has 0 saturated carbocycles. The number of likely N-dealkylation sites (N-methyl/N-ethyl adjacent to an activating group) is 1. The van der Waals surface area contributed by atoms with Crippen LogP contribution in [0.15, 0.2) is 23.2 Å². The predicted molar refractivity (Wildman–Crippen MR) is 117 cm³/mol. The van der Waals surface area contributed by atoms with Crippen LogP contribution in [0.3, 0.4) is 0 Å². The lowest BCUT2D eigenvalue weighted by atomic mass is 10.0. The molecule has 1 aliphatic heterocycles. The van der Waals surface area contributed by atoms with Gasteiger partial charge in [0.05, 0.1) is 18.8 Å². The summed E-state index contributed by atoms with van der Waals surface area (Å²) in [6, 6.07) is 3.46. The first-order valence-corrected chi connectivity index (χ1v) is 9.27. The smallest absolute Gasteiger partial charge is 0.191 e. The van der Waals surface area contributed by atoms with Crippen LogP contribution in [-0.2, 0) is 9.47 Å². The van der Waals surface area contributed by atoms with Gasteiger partial charge in [-0.3, -0.25) is 4.99 Å². The molecule has 0 aliphatic carbocycles. The van der Waals surface area contributed by atoms with Crippen molar-refractivity contribution >= 4 is 29.9 Å². The number of guanidine groups is 1. The van der Waals surface area contributed by atoms with Crippen molar-refractivity contribution in [2.24, 2.45) is 4.99 Å². The first-order valence-electron chi connectivity index (χ1n) is 9.27. The van der Waals surface area contributed by atoms with E-state index in [2.05, 4.69) is 15.6 Å². The minimum Gasteiger partial charge on any atom is -0.379 e. The molecule has 2 unspecified atom stereocenters. The number of benzene rings is 1. The van der Waals surface area contributed by atoms with Crippen molar-refractivity contribution in [3.05, 3.63) is 35.4 Å². The van der Waals surface area contributed by atoms with E-state index in [0.717, 1.165) is 19.4 Å². The van der Waals surface area contributed by atoms with E-state index in [1.165, 1.54) is 18.2 Å². The van der Waals surface area contributed by atoms with Crippen molar-refractivity contribution < 1.29 is 18.3 Å². The largest absolute Gasteiger partial charge is 0.379 e. The van der Waals surface area contributed by atoms with Crippen molar-refractivity contribution in [2.45, 2.75) is 25.0 Å². The highest BCUT2D eigenvalue weighted by Gasteiger charge is 2.22. The van der Waals surface area contributed by atoms with Gasteiger partial charge in [-0.25, -0.2) is 8.78 Å². The van der Waals surface area contributed by atoms with Gasteiger partial charge in [-0.15, -0.1) is 24.0 Å². The molecule has 0 aromatic heterocycles. The summed E-state index contributed by atoms with van der Waals surface area (Å²) in [5.41, 5.74) is 0.0534. The van der Waals surface area contributed by atoms with E-state index >= 15 is 0 Å². The second-order valence-corrected chi connectivity index (χ2v) is 6.70. The molecule has 9 heteroatoms. The van der Waals surface area contributed by atoms with Gasteiger partial charge in [0, 0.05) is 38.9 Å². The molecule has 1 aromatic carbocycles. The molecule has 0 bridgehead atoms. The van der Waals surface area contributed by atoms with Crippen LogP contribution in [-0.4, -0.2) is 71.0 Å². The number of aliphatic imine (C=N–C) groups is 1. The van der Waals surface area contributed by atoms with Crippen LogP contribution in [0.4, 0.5) is 8.78 Å². The molecule has 1 heterocycles. The summed E-state index contributed by atoms with van der Waals surface area (Å²) >= 11 is 0. The Morgan fingerprint density at radius 1 is 1.32 bits per heavy atom. The average molecular weight is 512 g/mol. The first-order chi connectivity index (χ1) is 13.0. The molecule has 1 aliphatic rings. The lowest BCUT2D eigenvalue weighted by Gasteiger charge is -2.26. The fourth-order valence-corrected chi connectivity index (χ4v) is 2.96. The maximum atomic E-state index is 14.1. The third-order valence-corrected chi connectivity index (χ3v) is 4.50. The van der Waals surface area contributed by atoms with Crippen LogP contribution >= 0.6 is 24.0 Å². The van der Waals surface area contributed by atoms with E-state index in [-0.39, 0.29) is 35.6 Å². The summed E-state index contributed by atoms with van der Waals surface area (Å²) in [4.78, 5) is 5.94. The molecule has 0 radical (unpaired) electrons. The Morgan fingerprint density at radius 2 is 2.04 bits per heavy atom. The average Bonchev–Trinajstić information content (AvgIpc) is 3.15. The van der Waals surface area contributed by atoms with Gasteiger partial charge in [0.2, 0.25) is 0 Å². The van der Waals surface area contributed by atoms with E-state index in [4.69, 9.17) is 9.47 Å². The van der Waals surface area contributed by atoms with Gasteiger partial charge in [-0.2, -0.15) is 0 Å². The van der Waals surface area contributed by atoms with Crippen molar-refractivity contribution in [1.82, 2.24) is 15.5 Å². The number of nitrogens with zero attached hydrogens (tertiary/aromatic N) is 2. The third-order valence-electron chi connectivity index (χ3n) is 4.50. The number of nitrogens with one attached hydrogen (secondary N) is 2. The second-order valence-electron chi connectivity index (χ2n) is 6.70. The number of ether oxygens (including phenoxy) is 2. The minimum atomic E-state index is -0.550. The van der Waals surface area contributed by atoms with E-state index < -0.39 is 17.7 Å². The van der Waals surface area contributed by atoms with Gasteiger partial charge >= 0.3 is 0 Å². The molecule has 2 atom stereocenters. The monoisotopic (exact) mass is 512 g/mol. The summed E-state index contributed by atoms with van der Waals surface area (Å²) < 4.78 is 39.2. The lowest BCUT2D eigenvalue weighted by molar-refractivity contribution is 0.0420. The summed E-state index contributed by atoms with van der Waals surface area (Å²) in [5.74, 6) is -0.513. The van der Waals surface area contributed by atoms with Crippen LogP contribution in [0.25, 0.3) is 0 Å². The Balaban J connectivity index is 0.00000392. The van der Waals surface area contributed by atoms with Crippen molar-refractivity contribution in [1.29, 1.82) is 0 Å². The van der Waals surface area contributed by atoms with Crippen molar-refractivity contribution in [3.63, 3.8) is 0 Å². The molecule has 1 aromatic rings. The molecule has 1 fully saturated rings. The van der Waals surface area contributed by atoms with Gasteiger partial charge in [0.1, 0.15) is 11.6 Å². The zero-order valence-electron chi connectivity index (χ0n) is 16.7. The molecule has 2 rings (SSSR count). The van der Waals surface area contributed by atoms with Crippen molar-refractivity contribution in [3.8, 4) is 0 Å². The number of hydrogen-bond donors (Lipinski definition) is 2. The van der Waals surface area contributed by atoms with Gasteiger partial charge in [0.25, 0.3) is 0 Å². The lowest BCUT2D eigenvalue weighted by Crippen LogP contribution is -2.42. The molecule has 1 saturated heterocycles. The zero-order chi connectivity index (χ0) is 19.6. The van der Waals surface area contributed by atoms with E-state index in [9.17, 15) is 8.78 Å². The molecule has 0 spiro atoms. The van der Waals surface area contributed by atoms with Crippen LogP contribution in [0.5, 0.6) is 0 Å². The highest BCUT2D eigenvalue weighted by atomic mass is 127. The fourth-order valence-electron chi connectivity index (χ4n) is 2.96. The van der Waals surface area contributed by atoms with Gasteiger partial charge in [-0.1, -0.05) is 6.07 Å². The second kappa shape index (κ2) is 13.2. The van der Waals surface area contributed by atoms with E-state index in [1.807, 2.05) is 0 Å². The molecular formula is C19H31F2IN4O2. The topological polar surface area (TPSA) is 58.1 Å². The Kier molecular flexibility index (Phi) is 11.8. The SMILES string of the molecule is CN=C(NCCCOC1CCOC1)NCC(c1c(F)cccc1F)N(C)C.I. The molecular weight excluding hydrogens is 481 g/mol. The maximum absolute atomic E-state index is 14.1. The highest BCUT2D eigenvalue weighted by molar-refractivity contribution is 14.0. The summed E-state index contributed by atoms with van der Waals surface area (Å²) in [6.45, 7) is 3.11. The van der Waals surface area contributed by atoms with Crippen LogP contribution in [0.2, 0.25) is 0 Å². The Hall–Kier alpha value is -1.04. The Bertz CT molecular complexity index is 593. The number of rotatable bonds is 9. The summed E-state index contributed by atoms with van der Waals surface area (Å²) in [7, 11) is 5.24. The zero-order valence-corrected chi connectivity index (χ0v) is 19.0. The predicted octanol–water partition coefficient (Wildman–Crippen LogP) is 2.55. The maximum Gasteiger partial charge on any atom is 0.191 e. The quantitative estimate of drug-likeness (QED) is 0.231. The molecule has 6 nitrogen and oxygen atoms in total. The van der Waals surface area contributed by atoms with Gasteiger partial charge in [-0.05, 0) is 39.1 Å². The van der Waals surface area contributed by atoms with Crippen LogP contribution < -0.4 is 10.6 Å². The van der Waals surface area contributed by atoms with Gasteiger partial charge in [0.15, 0.2) is 5.96 Å². The van der Waals surface area contributed by atoms with E-state index in [0.29, 0.717) is 32.3 Å². The Morgan fingerprint density at radius 3 is 2.61 bits per heavy atom. The molecule has 2 N–H and O–H groups in total. The van der Waals surface area contributed by atoms with Crippen LogP contribution in [0.1, 0.15) is 24.4 Å². The molecule has 0 amide bonds. The van der Waals surface area contributed by atoms with Gasteiger partial charge < -0.3 is 25.0 Å². The number of halogens is 3. The first kappa shape index (κ1) is 25.0. The van der Waals surface area contributed by atoms with Crippen molar-refractivity contribution in [2.75, 3.05) is 54.1 Å². The fraction of sp³-hybridized carbons (Fsp3) is 0.632. The minimum absolute atomic E-state index is 0. The number of hydrogen-bond acceptors (Lipinski definition) is 4. The highest BCUT2D eigenvalue weighted by Crippen LogP contribution is 2.23. The third kappa shape index (κ3) is 7.76. The summed E-state index contributed by atoms with van der Waals surface area (Å²) in [6.07, 6.45) is 1.99. The normalized spacial score (nSPS) is 18.1. The standard InChI is InChI=1S/C19H30F2N4O2.HI/c1-22-19(23-9-5-10-27-14-8-11-26-13-14)24-12-17(25(2)3)18-15(20)6-4-7-16(18)21;/h4,6-7,14,17H,5,8-13H2,1-3H3,(H2,22,23,24);1H. The Labute approximate surface area is 183 Å². The van der Waals surface area contributed by atoms with E-state index in [1.54, 1.807) is 26.0 Å².